The standard InChI is InChI=1S/C19H24N4O2S/c1-13-16(18(25)22-19(26)20-13)9-10-17(24)21-14-5-7-15(8-6-14)23-11-3-2-4-12-23/h5-8H,2-4,9-12H2,1H3,(H,21,24)(H2,20,22,25,26). The van der Waals surface area contributed by atoms with Crippen LogP contribution in [0.5, 0.6) is 0 Å². The molecule has 1 fully saturated rings. The molecule has 138 valence electrons. The minimum atomic E-state index is -0.232. The monoisotopic (exact) mass is 372 g/mol. The predicted molar refractivity (Wildman–Crippen MR) is 106 cm³/mol. The van der Waals surface area contributed by atoms with E-state index in [1.807, 2.05) is 24.3 Å². The van der Waals surface area contributed by atoms with Crippen molar-refractivity contribution in [2.75, 3.05) is 23.3 Å². The van der Waals surface area contributed by atoms with Crippen LogP contribution in [0, 0.1) is 11.7 Å². The predicted octanol–water partition coefficient (Wildman–Crippen LogP) is 3.30. The number of carbonyl (C=O) groups is 1. The summed E-state index contributed by atoms with van der Waals surface area (Å²) in [6, 6.07) is 7.96. The van der Waals surface area contributed by atoms with Gasteiger partial charge in [0.15, 0.2) is 4.77 Å². The van der Waals surface area contributed by atoms with Gasteiger partial charge in [-0.2, -0.15) is 0 Å². The van der Waals surface area contributed by atoms with E-state index in [-0.39, 0.29) is 17.9 Å². The number of hydrogen-bond donors (Lipinski definition) is 3. The van der Waals surface area contributed by atoms with Crippen molar-refractivity contribution < 1.29 is 4.79 Å². The lowest BCUT2D eigenvalue weighted by Gasteiger charge is -2.28. The smallest absolute Gasteiger partial charge is 0.255 e. The average Bonchev–Trinajstić information content (AvgIpc) is 2.62. The molecule has 2 aromatic rings. The van der Waals surface area contributed by atoms with Crippen LogP contribution in [0.15, 0.2) is 29.1 Å². The van der Waals surface area contributed by atoms with Crippen molar-refractivity contribution in [3.05, 3.63) is 50.6 Å². The van der Waals surface area contributed by atoms with E-state index in [0.29, 0.717) is 22.4 Å². The number of aryl methyl sites for hydroxylation is 1. The number of nitrogens with zero attached hydrogens (tertiary/aromatic N) is 1. The van der Waals surface area contributed by atoms with Gasteiger partial charge in [-0.3, -0.25) is 14.6 Å². The molecule has 0 unspecified atom stereocenters. The van der Waals surface area contributed by atoms with Crippen molar-refractivity contribution in [2.45, 2.75) is 39.0 Å². The van der Waals surface area contributed by atoms with Crippen LogP contribution in [-0.4, -0.2) is 29.0 Å². The molecular weight excluding hydrogens is 348 g/mol. The highest BCUT2D eigenvalue weighted by Crippen LogP contribution is 2.21. The van der Waals surface area contributed by atoms with Crippen molar-refractivity contribution in [1.82, 2.24) is 9.97 Å². The van der Waals surface area contributed by atoms with Crippen LogP contribution in [0.4, 0.5) is 11.4 Å². The summed E-state index contributed by atoms with van der Waals surface area (Å²) in [5.41, 5.74) is 3.01. The fourth-order valence-electron chi connectivity index (χ4n) is 3.30. The molecule has 1 aliphatic rings. The first-order chi connectivity index (χ1) is 12.5. The van der Waals surface area contributed by atoms with E-state index in [4.69, 9.17) is 12.2 Å². The van der Waals surface area contributed by atoms with E-state index in [1.54, 1.807) is 6.92 Å². The van der Waals surface area contributed by atoms with Crippen LogP contribution in [0.3, 0.4) is 0 Å². The fraction of sp³-hybridized carbons (Fsp3) is 0.421. The van der Waals surface area contributed by atoms with Crippen molar-refractivity contribution in [2.24, 2.45) is 0 Å². The van der Waals surface area contributed by atoms with E-state index < -0.39 is 0 Å². The van der Waals surface area contributed by atoms with Gasteiger partial charge in [-0.15, -0.1) is 0 Å². The van der Waals surface area contributed by atoms with Gasteiger partial charge in [0.25, 0.3) is 5.56 Å². The van der Waals surface area contributed by atoms with E-state index in [2.05, 4.69) is 20.2 Å². The van der Waals surface area contributed by atoms with Crippen molar-refractivity contribution >= 4 is 29.5 Å². The lowest BCUT2D eigenvalue weighted by atomic mass is 10.1. The maximum absolute atomic E-state index is 12.2. The van der Waals surface area contributed by atoms with Crippen LogP contribution >= 0.6 is 12.2 Å². The topological polar surface area (TPSA) is 81.0 Å². The molecule has 0 bridgehead atoms. The largest absolute Gasteiger partial charge is 0.372 e. The molecule has 0 atom stereocenters. The molecule has 0 aliphatic carbocycles. The second kappa shape index (κ2) is 8.31. The Bertz CT molecular complexity index is 880. The van der Waals surface area contributed by atoms with Gasteiger partial charge in [-0.1, -0.05) is 0 Å². The minimum Gasteiger partial charge on any atom is -0.372 e. The Morgan fingerprint density at radius 2 is 1.85 bits per heavy atom. The molecule has 2 heterocycles. The summed E-state index contributed by atoms with van der Waals surface area (Å²) < 4.78 is 0.300. The Morgan fingerprint density at radius 1 is 1.15 bits per heavy atom. The number of carbonyl (C=O) groups excluding carboxylic acids is 1. The summed E-state index contributed by atoms with van der Waals surface area (Å²) in [4.78, 5) is 32.0. The molecule has 26 heavy (non-hydrogen) atoms. The summed E-state index contributed by atoms with van der Waals surface area (Å²) in [5.74, 6) is -0.114. The third-order valence-corrected chi connectivity index (χ3v) is 4.93. The third kappa shape index (κ3) is 4.60. The van der Waals surface area contributed by atoms with Gasteiger partial charge in [0, 0.05) is 42.1 Å². The summed E-state index contributed by atoms with van der Waals surface area (Å²) in [6.07, 6.45) is 4.38. The van der Waals surface area contributed by atoms with Crippen molar-refractivity contribution in [1.29, 1.82) is 0 Å². The second-order valence-corrected chi connectivity index (χ2v) is 7.06. The van der Waals surface area contributed by atoms with E-state index in [1.165, 1.54) is 24.9 Å². The van der Waals surface area contributed by atoms with Gasteiger partial charge in [0.1, 0.15) is 0 Å². The van der Waals surface area contributed by atoms with Gasteiger partial charge in [0.05, 0.1) is 0 Å². The number of rotatable bonds is 5. The van der Waals surface area contributed by atoms with Gasteiger partial charge >= 0.3 is 0 Å². The molecule has 0 spiro atoms. The SMILES string of the molecule is Cc1[nH]c(=S)[nH]c(=O)c1CCC(=O)Nc1ccc(N2CCCCC2)cc1. The van der Waals surface area contributed by atoms with Crippen LogP contribution in [0.2, 0.25) is 0 Å². The third-order valence-electron chi connectivity index (χ3n) is 4.73. The molecule has 3 N–H and O–H groups in total. The minimum absolute atomic E-state index is 0.114. The molecule has 1 aromatic heterocycles. The zero-order chi connectivity index (χ0) is 18.5. The molecule has 1 aromatic carbocycles. The second-order valence-electron chi connectivity index (χ2n) is 6.65. The first-order valence-electron chi connectivity index (χ1n) is 9.00. The van der Waals surface area contributed by atoms with Gasteiger partial charge < -0.3 is 15.2 Å². The Morgan fingerprint density at radius 3 is 2.50 bits per heavy atom. The number of aromatic nitrogens is 2. The maximum Gasteiger partial charge on any atom is 0.255 e. The average molecular weight is 372 g/mol. The Balaban J connectivity index is 1.56. The van der Waals surface area contributed by atoms with Crippen molar-refractivity contribution in [3.63, 3.8) is 0 Å². The fourth-order valence-corrected chi connectivity index (χ4v) is 3.54. The van der Waals surface area contributed by atoms with Crippen molar-refractivity contribution in [3.8, 4) is 0 Å². The number of nitrogens with one attached hydrogen (secondary N) is 3. The summed E-state index contributed by atoms with van der Waals surface area (Å²) in [7, 11) is 0. The lowest BCUT2D eigenvalue weighted by molar-refractivity contribution is -0.116. The van der Waals surface area contributed by atoms with Crippen LogP contribution in [0.25, 0.3) is 0 Å². The highest BCUT2D eigenvalue weighted by Gasteiger charge is 2.12. The number of amides is 1. The van der Waals surface area contributed by atoms with Crippen LogP contribution in [-0.2, 0) is 11.2 Å². The Kier molecular flexibility index (Phi) is 5.88. The summed E-state index contributed by atoms with van der Waals surface area (Å²) in [6.45, 7) is 3.98. The Hall–Kier alpha value is -2.41. The molecule has 0 radical (unpaired) electrons. The number of H-pyrrole nitrogens is 2. The zero-order valence-corrected chi connectivity index (χ0v) is 15.7. The first-order valence-corrected chi connectivity index (χ1v) is 9.41. The summed E-state index contributed by atoms with van der Waals surface area (Å²) >= 11 is 4.93. The molecule has 7 heteroatoms. The van der Waals surface area contributed by atoms with E-state index in [9.17, 15) is 9.59 Å². The lowest BCUT2D eigenvalue weighted by Crippen LogP contribution is -2.29. The number of anilines is 2. The maximum atomic E-state index is 12.2. The quantitative estimate of drug-likeness (QED) is 0.704. The number of piperidine rings is 1. The normalized spacial score (nSPS) is 14.3. The van der Waals surface area contributed by atoms with Gasteiger partial charge in [-0.05, 0) is 69.1 Å². The zero-order valence-electron chi connectivity index (χ0n) is 14.9. The molecular formula is C19H24N4O2S. The number of aromatic amines is 2. The van der Waals surface area contributed by atoms with Crippen LogP contribution in [0.1, 0.15) is 36.9 Å². The molecule has 1 amide bonds. The first kappa shape index (κ1) is 18.4. The molecule has 1 aliphatic heterocycles. The van der Waals surface area contributed by atoms with E-state index in [0.717, 1.165) is 18.8 Å². The molecule has 1 saturated heterocycles. The highest BCUT2D eigenvalue weighted by atomic mass is 32.1. The van der Waals surface area contributed by atoms with Crippen LogP contribution < -0.4 is 15.8 Å². The molecule has 6 nitrogen and oxygen atoms in total. The highest BCUT2D eigenvalue weighted by molar-refractivity contribution is 7.71. The number of hydrogen-bond acceptors (Lipinski definition) is 4. The van der Waals surface area contributed by atoms with Gasteiger partial charge in [-0.25, -0.2) is 0 Å². The van der Waals surface area contributed by atoms with E-state index >= 15 is 0 Å². The Labute approximate surface area is 157 Å². The summed E-state index contributed by atoms with van der Waals surface area (Å²) in [5, 5.41) is 2.89. The molecule has 3 rings (SSSR count). The van der Waals surface area contributed by atoms with Gasteiger partial charge in [0.2, 0.25) is 5.91 Å². The molecule has 0 saturated carbocycles. The number of benzene rings is 1.